The molecule has 1 aromatic rings. The van der Waals surface area contributed by atoms with Crippen LogP contribution in [0.15, 0.2) is 0 Å². The first kappa shape index (κ1) is 12.0. The van der Waals surface area contributed by atoms with E-state index in [2.05, 4.69) is 10.4 Å². The Morgan fingerprint density at radius 2 is 2.27 bits per heavy atom. The van der Waals surface area contributed by atoms with Gasteiger partial charge in [-0.05, 0) is 13.3 Å². The Labute approximate surface area is 92.5 Å². The molecule has 1 aromatic heterocycles. The van der Waals surface area contributed by atoms with Crippen LogP contribution < -0.4 is 11.1 Å². The van der Waals surface area contributed by atoms with Gasteiger partial charge in [0.25, 0.3) is 0 Å². The molecule has 0 bridgehead atoms. The monoisotopic (exact) mass is 230 g/mol. The first-order valence-electron chi connectivity index (χ1n) is 4.85. The van der Waals surface area contributed by atoms with E-state index >= 15 is 0 Å². The van der Waals surface area contributed by atoms with Gasteiger partial charge in [0.2, 0.25) is 0 Å². The molecule has 1 rings (SSSR count). The lowest BCUT2D eigenvalue weighted by Crippen LogP contribution is -2.10. The SMILES string of the molecule is Cc1nn(C)c(NCCCS(C)=O)c1N. The first-order valence-corrected chi connectivity index (χ1v) is 6.58. The summed E-state index contributed by atoms with van der Waals surface area (Å²) in [6.45, 7) is 2.64. The lowest BCUT2D eigenvalue weighted by atomic mass is 10.4. The summed E-state index contributed by atoms with van der Waals surface area (Å²) in [5, 5.41) is 7.39. The quantitative estimate of drug-likeness (QED) is 0.722. The van der Waals surface area contributed by atoms with E-state index in [-0.39, 0.29) is 0 Å². The zero-order valence-electron chi connectivity index (χ0n) is 9.41. The number of rotatable bonds is 5. The van der Waals surface area contributed by atoms with Crippen LogP contribution in [0.5, 0.6) is 0 Å². The van der Waals surface area contributed by atoms with E-state index in [1.54, 1.807) is 10.9 Å². The molecule has 1 heterocycles. The van der Waals surface area contributed by atoms with E-state index in [9.17, 15) is 4.21 Å². The van der Waals surface area contributed by atoms with Gasteiger partial charge in [-0.25, -0.2) is 0 Å². The van der Waals surface area contributed by atoms with Crippen LogP contribution in [0.4, 0.5) is 11.5 Å². The van der Waals surface area contributed by atoms with Crippen molar-refractivity contribution < 1.29 is 4.21 Å². The second-order valence-corrected chi connectivity index (χ2v) is 5.08. The Balaban J connectivity index is 2.47. The van der Waals surface area contributed by atoms with E-state index in [0.717, 1.165) is 24.5 Å². The zero-order chi connectivity index (χ0) is 11.4. The third-order valence-corrected chi connectivity index (χ3v) is 3.03. The van der Waals surface area contributed by atoms with Crippen molar-refractivity contribution in [1.82, 2.24) is 9.78 Å². The van der Waals surface area contributed by atoms with Gasteiger partial charge < -0.3 is 11.1 Å². The number of nitrogens with zero attached hydrogens (tertiary/aromatic N) is 2. The van der Waals surface area contributed by atoms with Gasteiger partial charge in [-0.2, -0.15) is 5.10 Å². The highest BCUT2D eigenvalue weighted by Gasteiger charge is 2.08. The number of nitrogens with two attached hydrogens (primary N) is 1. The summed E-state index contributed by atoms with van der Waals surface area (Å²) in [4.78, 5) is 0. The van der Waals surface area contributed by atoms with Crippen molar-refractivity contribution in [3.63, 3.8) is 0 Å². The molecule has 0 aromatic carbocycles. The summed E-state index contributed by atoms with van der Waals surface area (Å²) in [5.41, 5.74) is 7.36. The minimum absolute atomic E-state index is 0.690. The number of hydrogen-bond acceptors (Lipinski definition) is 4. The minimum atomic E-state index is -0.723. The van der Waals surface area contributed by atoms with Crippen molar-refractivity contribution in [1.29, 1.82) is 0 Å². The standard InChI is InChI=1S/C9H18N4OS/c1-7-8(10)9(13(2)12-7)11-5-4-6-15(3)14/h11H,4-6,10H2,1-3H3. The van der Waals surface area contributed by atoms with Gasteiger partial charge in [-0.15, -0.1) is 0 Å². The van der Waals surface area contributed by atoms with E-state index < -0.39 is 10.8 Å². The Bertz CT molecular complexity index is 361. The fourth-order valence-electron chi connectivity index (χ4n) is 1.37. The molecule has 0 amide bonds. The number of aryl methyl sites for hydroxylation is 2. The molecule has 6 heteroatoms. The molecule has 0 aliphatic carbocycles. The maximum Gasteiger partial charge on any atom is 0.147 e. The molecule has 0 radical (unpaired) electrons. The lowest BCUT2D eigenvalue weighted by molar-refractivity contribution is 0.684. The fraction of sp³-hybridized carbons (Fsp3) is 0.667. The van der Waals surface area contributed by atoms with E-state index in [1.165, 1.54) is 0 Å². The van der Waals surface area contributed by atoms with Crippen molar-refractivity contribution in [3.8, 4) is 0 Å². The molecule has 1 atom stereocenters. The molecule has 1 unspecified atom stereocenters. The molecular weight excluding hydrogens is 212 g/mol. The predicted molar refractivity (Wildman–Crippen MR) is 64.4 cm³/mol. The Hall–Kier alpha value is -1.04. The molecular formula is C9H18N4OS. The zero-order valence-corrected chi connectivity index (χ0v) is 10.2. The van der Waals surface area contributed by atoms with E-state index in [0.29, 0.717) is 11.4 Å². The van der Waals surface area contributed by atoms with Crippen LogP contribution in [-0.2, 0) is 17.8 Å². The highest BCUT2D eigenvalue weighted by molar-refractivity contribution is 7.84. The summed E-state index contributed by atoms with van der Waals surface area (Å²) < 4.78 is 12.6. The van der Waals surface area contributed by atoms with Gasteiger partial charge in [0.15, 0.2) is 0 Å². The molecule has 3 N–H and O–H groups in total. The lowest BCUT2D eigenvalue weighted by Gasteiger charge is -2.06. The van der Waals surface area contributed by atoms with Crippen molar-refractivity contribution in [2.45, 2.75) is 13.3 Å². The van der Waals surface area contributed by atoms with E-state index in [1.807, 2.05) is 14.0 Å². The average Bonchev–Trinajstić information content (AvgIpc) is 2.37. The second kappa shape index (κ2) is 5.16. The smallest absolute Gasteiger partial charge is 0.147 e. The summed E-state index contributed by atoms with van der Waals surface area (Å²) in [5.74, 6) is 1.55. The Morgan fingerprint density at radius 3 is 2.73 bits per heavy atom. The average molecular weight is 230 g/mol. The maximum atomic E-state index is 10.8. The van der Waals surface area contributed by atoms with Crippen LogP contribution in [-0.4, -0.2) is 32.5 Å². The van der Waals surface area contributed by atoms with Crippen molar-refractivity contribution in [3.05, 3.63) is 5.69 Å². The van der Waals surface area contributed by atoms with Crippen LogP contribution >= 0.6 is 0 Å². The van der Waals surface area contributed by atoms with Gasteiger partial charge >= 0.3 is 0 Å². The van der Waals surface area contributed by atoms with Crippen LogP contribution in [0.1, 0.15) is 12.1 Å². The van der Waals surface area contributed by atoms with Gasteiger partial charge in [0, 0.05) is 36.4 Å². The fourth-order valence-corrected chi connectivity index (χ4v) is 1.92. The summed E-state index contributed by atoms with van der Waals surface area (Å²) in [6, 6.07) is 0. The first-order chi connectivity index (χ1) is 7.02. The third kappa shape index (κ3) is 3.23. The largest absolute Gasteiger partial charge is 0.394 e. The number of aromatic nitrogens is 2. The number of hydrogen-bond donors (Lipinski definition) is 2. The highest BCUT2D eigenvalue weighted by Crippen LogP contribution is 2.20. The number of nitrogens with one attached hydrogen (secondary N) is 1. The Kier molecular flexibility index (Phi) is 4.14. The second-order valence-electron chi connectivity index (χ2n) is 3.53. The molecule has 0 saturated heterocycles. The maximum absolute atomic E-state index is 10.8. The summed E-state index contributed by atoms with van der Waals surface area (Å²) in [6.07, 6.45) is 2.58. The Morgan fingerprint density at radius 1 is 1.60 bits per heavy atom. The van der Waals surface area contributed by atoms with Crippen molar-refractivity contribution >= 4 is 22.3 Å². The van der Waals surface area contributed by atoms with Gasteiger partial charge in [0.1, 0.15) is 5.82 Å². The van der Waals surface area contributed by atoms with Crippen molar-refractivity contribution in [2.24, 2.45) is 7.05 Å². The molecule has 0 aliphatic heterocycles. The van der Waals surface area contributed by atoms with Crippen LogP contribution in [0.2, 0.25) is 0 Å². The van der Waals surface area contributed by atoms with Crippen LogP contribution in [0, 0.1) is 6.92 Å². The summed E-state index contributed by atoms with van der Waals surface area (Å²) >= 11 is 0. The predicted octanol–water partition coefficient (Wildman–Crippen LogP) is 0.491. The highest BCUT2D eigenvalue weighted by atomic mass is 32.2. The topological polar surface area (TPSA) is 72.9 Å². The van der Waals surface area contributed by atoms with Gasteiger partial charge in [-0.1, -0.05) is 0 Å². The van der Waals surface area contributed by atoms with Crippen LogP contribution in [0.25, 0.3) is 0 Å². The molecule has 0 aliphatic rings. The molecule has 5 nitrogen and oxygen atoms in total. The molecule has 15 heavy (non-hydrogen) atoms. The molecule has 86 valence electrons. The molecule has 0 fully saturated rings. The van der Waals surface area contributed by atoms with Crippen molar-refractivity contribution in [2.75, 3.05) is 29.6 Å². The van der Waals surface area contributed by atoms with Gasteiger partial charge in [0.05, 0.1) is 11.4 Å². The van der Waals surface area contributed by atoms with E-state index in [4.69, 9.17) is 5.73 Å². The normalized spacial score (nSPS) is 12.7. The van der Waals surface area contributed by atoms with Crippen LogP contribution in [0.3, 0.4) is 0 Å². The van der Waals surface area contributed by atoms with Gasteiger partial charge in [-0.3, -0.25) is 8.89 Å². The summed E-state index contributed by atoms with van der Waals surface area (Å²) in [7, 11) is 1.13. The third-order valence-electron chi connectivity index (χ3n) is 2.17. The minimum Gasteiger partial charge on any atom is -0.394 e. The number of nitrogen functional groups attached to an aromatic ring is 1. The molecule has 0 saturated carbocycles. The molecule has 0 spiro atoms. The number of anilines is 2.